The minimum absolute atomic E-state index is 0.0204. The van der Waals surface area contributed by atoms with E-state index in [0.717, 1.165) is 37.2 Å². The van der Waals surface area contributed by atoms with Crippen molar-refractivity contribution in [1.29, 1.82) is 0 Å². The molecule has 2 aromatic rings. The van der Waals surface area contributed by atoms with Crippen molar-refractivity contribution in [3.05, 3.63) is 41.5 Å². The molecule has 192 valence electrons. The van der Waals surface area contributed by atoms with E-state index < -0.39 is 11.7 Å². The molecule has 0 heterocycles. The fourth-order valence-electron chi connectivity index (χ4n) is 6.89. The minimum atomic E-state index is -4.46. The van der Waals surface area contributed by atoms with Crippen LogP contribution in [0.1, 0.15) is 96.1 Å². The molecule has 2 nitrogen and oxygen atoms in total. The zero-order valence-electron chi connectivity index (χ0n) is 21.4. The molecule has 5 heteroatoms. The zero-order valence-corrected chi connectivity index (χ0v) is 21.4. The summed E-state index contributed by atoms with van der Waals surface area (Å²) < 4.78 is 48.8. The number of fused-ring (bicyclic) bond motifs is 4. The predicted octanol–water partition coefficient (Wildman–Crippen LogP) is 8.65. The summed E-state index contributed by atoms with van der Waals surface area (Å²) >= 11 is 0. The Morgan fingerprint density at radius 1 is 0.886 bits per heavy atom. The van der Waals surface area contributed by atoms with E-state index in [4.69, 9.17) is 4.74 Å². The molecule has 0 saturated heterocycles. The number of ether oxygens (including phenoxy) is 1. The van der Waals surface area contributed by atoms with Crippen molar-refractivity contribution in [3.63, 3.8) is 0 Å². The molecule has 0 spiro atoms. The number of halogens is 3. The molecule has 0 unspecified atom stereocenters. The molecule has 0 atom stereocenters. The highest BCUT2D eigenvalue weighted by molar-refractivity contribution is 5.89. The van der Waals surface area contributed by atoms with Crippen LogP contribution in [0.15, 0.2) is 30.3 Å². The summed E-state index contributed by atoms with van der Waals surface area (Å²) in [5, 5.41) is 4.65. The first-order valence-corrected chi connectivity index (χ1v) is 13.6. The van der Waals surface area contributed by atoms with E-state index in [2.05, 4.69) is 26.1 Å². The summed E-state index contributed by atoms with van der Waals surface area (Å²) in [5.41, 5.74) is 0.872. The average molecular weight is 488 g/mol. The fraction of sp³-hybridized carbons (Fsp3) is 0.667. The fourth-order valence-corrected chi connectivity index (χ4v) is 6.89. The van der Waals surface area contributed by atoms with Gasteiger partial charge in [-0.3, -0.25) is 0 Å². The molecule has 2 bridgehead atoms. The van der Waals surface area contributed by atoms with Crippen LogP contribution in [-0.2, 0) is 12.7 Å². The van der Waals surface area contributed by atoms with Gasteiger partial charge >= 0.3 is 6.18 Å². The van der Waals surface area contributed by atoms with Crippen LogP contribution in [0.2, 0.25) is 0 Å². The van der Waals surface area contributed by atoms with E-state index in [9.17, 15) is 13.2 Å². The SMILES string of the molecule is CC(C)(C)C1CCC(Oc2ccc3cc(CNC45CCC(CC4)CC5)ccc3c2C(F)(F)F)CC1. The highest BCUT2D eigenvalue weighted by Crippen LogP contribution is 2.45. The summed E-state index contributed by atoms with van der Waals surface area (Å²) in [6.45, 7) is 7.43. The molecular weight excluding hydrogens is 447 g/mol. The number of benzene rings is 2. The maximum Gasteiger partial charge on any atom is 0.420 e. The van der Waals surface area contributed by atoms with Gasteiger partial charge in [0.05, 0.1) is 6.10 Å². The van der Waals surface area contributed by atoms with Gasteiger partial charge in [0.1, 0.15) is 11.3 Å². The highest BCUT2D eigenvalue weighted by atomic mass is 19.4. The van der Waals surface area contributed by atoms with Crippen molar-refractivity contribution in [3.8, 4) is 5.75 Å². The van der Waals surface area contributed by atoms with Gasteiger partial charge in [0.2, 0.25) is 0 Å². The molecule has 35 heavy (non-hydrogen) atoms. The third kappa shape index (κ3) is 5.35. The molecule has 4 aliphatic rings. The lowest BCUT2D eigenvalue weighted by Gasteiger charge is -2.47. The first-order valence-electron chi connectivity index (χ1n) is 13.6. The summed E-state index contributed by atoms with van der Waals surface area (Å²) in [6, 6.07) is 8.76. The summed E-state index contributed by atoms with van der Waals surface area (Å²) in [5.74, 6) is 1.48. The number of nitrogens with one attached hydrogen (secondary N) is 1. The summed E-state index contributed by atoms with van der Waals surface area (Å²) in [7, 11) is 0. The first kappa shape index (κ1) is 24.9. The normalized spacial score (nSPS) is 29.5. The van der Waals surface area contributed by atoms with E-state index in [1.54, 1.807) is 18.2 Å². The van der Waals surface area contributed by atoms with Gasteiger partial charge in [-0.2, -0.15) is 13.2 Å². The number of rotatable bonds is 5. The van der Waals surface area contributed by atoms with Gasteiger partial charge < -0.3 is 10.1 Å². The van der Waals surface area contributed by atoms with Crippen molar-refractivity contribution in [2.24, 2.45) is 17.3 Å². The van der Waals surface area contributed by atoms with Crippen LogP contribution in [0, 0.1) is 17.3 Å². The molecule has 2 aromatic carbocycles. The Hall–Kier alpha value is -1.75. The smallest absolute Gasteiger partial charge is 0.420 e. The molecule has 0 aromatic heterocycles. The Labute approximate surface area is 208 Å². The van der Waals surface area contributed by atoms with Crippen molar-refractivity contribution in [2.45, 2.75) is 109 Å². The Morgan fingerprint density at radius 3 is 2.14 bits per heavy atom. The van der Waals surface area contributed by atoms with Gasteiger partial charge in [0.25, 0.3) is 0 Å². The third-order valence-electron chi connectivity index (χ3n) is 9.28. The monoisotopic (exact) mass is 487 g/mol. The van der Waals surface area contributed by atoms with Gasteiger partial charge in [-0.1, -0.05) is 39.0 Å². The van der Waals surface area contributed by atoms with Crippen LogP contribution in [-0.4, -0.2) is 11.6 Å². The topological polar surface area (TPSA) is 21.3 Å². The second-order valence-corrected chi connectivity index (χ2v) is 12.6. The molecule has 4 fully saturated rings. The van der Waals surface area contributed by atoms with Crippen LogP contribution in [0.25, 0.3) is 10.8 Å². The van der Waals surface area contributed by atoms with Gasteiger partial charge in [0.15, 0.2) is 0 Å². The standard InChI is InChI=1S/C30H40F3NO/c1-28(2,3)23-6-8-24(9-7-23)35-26-11-5-22-18-21(4-10-25(22)27(26)30(31,32)33)19-34-29-15-12-20(13-16-29)14-17-29/h4-5,10-11,18,20,23-24,34H,6-9,12-17,19H2,1-3H3. The van der Waals surface area contributed by atoms with E-state index in [0.29, 0.717) is 17.8 Å². The van der Waals surface area contributed by atoms with Crippen LogP contribution < -0.4 is 10.1 Å². The third-order valence-corrected chi connectivity index (χ3v) is 9.28. The van der Waals surface area contributed by atoms with Crippen LogP contribution in [0.4, 0.5) is 13.2 Å². The van der Waals surface area contributed by atoms with Crippen molar-refractivity contribution < 1.29 is 17.9 Å². The summed E-state index contributed by atoms with van der Waals surface area (Å²) in [4.78, 5) is 0. The maximum absolute atomic E-state index is 14.3. The summed E-state index contributed by atoms with van der Waals surface area (Å²) in [6.07, 6.45) is 6.60. The van der Waals surface area contributed by atoms with Gasteiger partial charge in [-0.15, -0.1) is 0 Å². The molecule has 0 aliphatic heterocycles. The first-order chi connectivity index (χ1) is 16.5. The van der Waals surface area contributed by atoms with Crippen LogP contribution in [0.5, 0.6) is 5.75 Å². The predicted molar refractivity (Wildman–Crippen MR) is 136 cm³/mol. The Bertz CT molecular complexity index is 1020. The Morgan fingerprint density at radius 2 is 1.54 bits per heavy atom. The second-order valence-electron chi connectivity index (χ2n) is 12.6. The lowest BCUT2D eigenvalue weighted by molar-refractivity contribution is -0.138. The molecular formula is C30H40F3NO. The minimum Gasteiger partial charge on any atom is -0.490 e. The largest absolute Gasteiger partial charge is 0.490 e. The molecule has 0 amide bonds. The molecule has 4 aliphatic carbocycles. The molecule has 6 rings (SSSR count). The molecule has 1 N–H and O–H groups in total. The lowest BCUT2D eigenvalue weighted by Crippen LogP contribution is -2.51. The lowest BCUT2D eigenvalue weighted by atomic mass is 9.66. The molecule has 0 radical (unpaired) electrons. The van der Waals surface area contributed by atoms with E-state index in [-0.39, 0.29) is 28.2 Å². The van der Waals surface area contributed by atoms with Crippen molar-refractivity contribution in [1.82, 2.24) is 5.32 Å². The molecule has 4 saturated carbocycles. The van der Waals surface area contributed by atoms with Gasteiger partial charge in [0, 0.05) is 12.1 Å². The van der Waals surface area contributed by atoms with Crippen LogP contribution in [0.3, 0.4) is 0 Å². The van der Waals surface area contributed by atoms with Crippen molar-refractivity contribution in [2.75, 3.05) is 0 Å². The number of hydrogen-bond acceptors (Lipinski definition) is 2. The highest BCUT2D eigenvalue weighted by Gasteiger charge is 2.40. The van der Waals surface area contributed by atoms with Crippen LogP contribution >= 0.6 is 0 Å². The van der Waals surface area contributed by atoms with E-state index >= 15 is 0 Å². The van der Waals surface area contributed by atoms with E-state index in [1.807, 2.05) is 12.1 Å². The quantitative estimate of drug-likeness (QED) is 0.456. The van der Waals surface area contributed by atoms with E-state index in [1.165, 1.54) is 38.5 Å². The number of alkyl halides is 3. The number of hydrogen-bond donors (Lipinski definition) is 1. The second kappa shape index (κ2) is 9.28. The van der Waals surface area contributed by atoms with Gasteiger partial charge in [-0.25, -0.2) is 0 Å². The van der Waals surface area contributed by atoms with Crippen molar-refractivity contribution >= 4 is 10.8 Å². The van der Waals surface area contributed by atoms with Gasteiger partial charge in [-0.05, 0) is 110 Å². The maximum atomic E-state index is 14.3. The Balaban J connectivity index is 1.33. The Kier molecular flexibility index (Phi) is 6.61. The average Bonchev–Trinajstić information content (AvgIpc) is 2.83. The zero-order chi connectivity index (χ0) is 24.8.